The minimum absolute atomic E-state index is 0.632. The van der Waals surface area contributed by atoms with E-state index >= 15 is 0 Å². The van der Waals surface area contributed by atoms with Gasteiger partial charge in [-0.25, -0.2) is 0 Å². The molecule has 0 bridgehead atoms. The van der Waals surface area contributed by atoms with Crippen molar-refractivity contribution in [2.24, 2.45) is 0 Å². The highest BCUT2D eigenvalue weighted by Crippen LogP contribution is 2.48. The number of alkyl halides is 2. The minimum Gasteiger partial charge on any atom is -0.387 e. The number of hydrogen-bond acceptors (Lipinski definition) is 3. The molecule has 0 fully saturated rings. The second-order valence-corrected chi connectivity index (χ2v) is 7.90. The summed E-state index contributed by atoms with van der Waals surface area (Å²) in [5.74, 6) is 0. The van der Waals surface area contributed by atoms with E-state index in [2.05, 4.69) is 37.4 Å². The first kappa shape index (κ1) is 23.2. The van der Waals surface area contributed by atoms with Crippen LogP contribution in [0.5, 0.6) is 0 Å². The first-order chi connectivity index (χ1) is 11.0. The molecule has 0 aromatic heterocycles. The van der Waals surface area contributed by atoms with Crippen LogP contribution < -0.4 is 0 Å². The van der Waals surface area contributed by atoms with Crippen molar-refractivity contribution in [1.29, 1.82) is 0 Å². The standard InChI is InChI=1S/C17H29F2O4P/c1-13(2)7-5-8-14(3)9-6-10-15(4)11-16(20)12-23-24(21,22)17(18)19/h7,9,11,16-17,20H,5-6,8,10,12H2,1-4H3,(H,21,22). The quantitative estimate of drug-likeness (QED) is 0.390. The molecule has 0 aliphatic rings. The van der Waals surface area contributed by atoms with Crippen molar-refractivity contribution in [2.45, 2.75) is 65.6 Å². The van der Waals surface area contributed by atoms with E-state index in [9.17, 15) is 18.5 Å². The zero-order valence-corrected chi connectivity index (χ0v) is 15.7. The molecule has 0 radical (unpaired) electrons. The molecule has 0 saturated heterocycles. The number of hydrogen-bond donors (Lipinski definition) is 2. The number of allylic oxidation sites excluding steroid dienone is 5. The van der Waals surface area contributed by atoms with E-state index in [1.165, 1.54) is 17.2 Å². The van der Waals surface area contributed by atoms with Crippen molar-refractivity contribution >= 4 is 7.60 Å². The molecule has 0 aromatic rings. The molecule has 0 heterocycles. The Bertz CT molecular complexity index is 509. The Balaban J connectivity index is 4.22. The highest BCUT2D eigenvalue weighted by atomic mass is 31.2. The fourth-order valence-corrected chi connectivity index (χ4v) is 2.42. The SMILES string of the molecule is CC(C)=CCCC(C)=CCCC(C)=CC(O)COP(=O)(O)C(F)F. The van der Waals surface area contributed by atoms with Crippen LogP contribution in [-0.2, 0) is 9.09 Å². The minimum atomic E-state index is -4.95. The molecule has 0 aliphatic carbocycles. The van der Waals surface area contributed by atoms with Crippen molar-refractivity contribution in [1.82, 2.24) is 0 Å². The zero-order chi connectivity index (χ0) is 18.8. The van der Waals surface area contributed by atoms with E-state index in [-0.39, 0.29) is 0 Å². The summed E-state index contributed by atoms with van der Waals surface area (Å²) >= 11 is 0. The number of rotatable bonds is 11. The predicted molar refractivity (Wildman–Crippen MR) is 93.2 cm³/mol. The smallest absolute Gasteiger partial charge is 0.387 e. The van der Waals surface area contributed by atoms with Gasteiger partial charge in [0.15, 0.2) is 0 Å². The van der Waals surface area contributed by atoms with Gasteiger partial charge in [-0.05, 0) is 53.4 Å². The van der Waals surface area contributed by atoms with Gasteiger partial charge in [0.1, 0.15) is 0 Å². The summed E-state index contributed by atoms with van der Waals surface area (Å²) in [5.41, 5.74) is 3.46. The van der Waals surface area contributed by atoms with Crippen LogP contribution >= 0.6 is 7.60 Å². The maximum atomic E-state index is 12.2. The third-order valence-electron chi connectivity index (χ3n) is 3.28. The Labute approximate surface area is 143 Å². The van der Waals surface area contributed by atoms with Crippen LogP contribution in [0.15, 0.2) is 34.9 Å². The van der Waals surface area contributed by atoms with E-state index in [1.807, 2.05) is 0 Å². The molecule has 0 aliphatic heterocycles. The van der Waals surface area contributed by atoms with Gasteiger partial charge in [0.05, 0.1) is 12.7 Å². The number of aliphatic hydroxyl groups excluding tert-OH is 1. The topological polar surface area (TPSA) is 66.8 Å². The van der Waals surface area contributed by atoms with Gasteiger partial charge in [0.2, 0.25) is 0 Å². The van der Waals surface area contributed by atoms with Gasteiger partial charge in [0.25, 0.3) is 0 Å². The first-order valence-corrected chi connectivity index (χ1v) is 9.58. The van der Waals surface area contributed by atoms with E-state index < -0.39 is 26.5 Å². The monoisotopic (exact) mass is 366 g/mol. The van der Waals surface area contributed by atoms with E-state index in [0.29, 0.717) is 6.42 Å². The van der Waals surface area contributed by atoms with Crippen LogP contribution in [0.4, 0.5) is 8.78 Å². The molecule has 7 heteroatoms. The van der Waals surface area contributed by atoms with E-state index in [4.69, 9.17) is 4.89 Å². The van der Waals surface area contributed by atoms with Gasteiger partial charge in [-0.2, -0.15) is 8.78 Å². The summed E-state index contributed by atoms with van der Waals surface area (Å²) in [6, 6.07) is 0. The van der Waals surface area contributed by atoms with Gasteiger partial charge in [-0.1, -0.05) is 34.9 Å². The Morgan fingerprint density at radius 3 is 2.17 bits per heavy atom. The van der Waals surface area contributed by atoms with Crippen LogP contribution in [0.1, 0.15) is 53.4 Å². The highest BCUT2D eigenvalue weighted by Gasteiger charge is 2.33. The van der Waals surface area contributed by atoms with Crippen LogP contribution in [0.2, 0.25) is 0 Å². The van der Waals surface area contributed by atoms with Crippen LogP contribution in [-0.4, -0.2) is 28.9 Å². The summed E-state index contributed by atoms with van der Waals surface area (Å²) < 4.78 is 39.4. The number of aliphatic hydroxyl groups is 1. The van der Waals surface area contributed by atoms with Crippen molar-refractivity contribution in [3.05, 3.63) is 34.9 Å². The Morgan fingerprint density at radius 2 is 1.62 bits per heavy atom. The van der Waals surface area contributed by atoms with Crippen molar-refractivity contribution in [3.63, 3.8) is 0 Å². The fourth-order valence-electron chi connectivity index (χ4n) is 1.94. The lowest BCUT2D eigenvalue weighted by Gasteiger charge is -2.13. The molecular weight excluding hydrogens is 337 g/mol. The molecule has 0 saturated carbocycles. The Kier molecular flexibility index (Phi) is 11.3. The molecule has 0 aromatic carbocycles. The fraction of sp³-hybridized carbons (Fsp3) is 0.647. The highest BCUT2D eigenvalue weighted by molar-refractivity contribution is 7.53. The van der Waals surface area contributed by atoms with Crippen molar-refractivity contribution in [2.75, 3.05) is 6.61 Å². The second kappa shape index (κ2) is 11.7. The lowest BCUT2D eigenvalue weighted by molar-refractivity contribution is 0.107. The summed E-state index contributed by atoms with van der Waals surface area (Å²) in [5, 5.41) is 9.64. The van der Waals surface area contributed by atoms with Crippen molar-refractivity contribution < 1.29 is 27.9 Å². The molecule has 4 nitrogen and oxygen atoms in total. The maximum Gasteiger partial charge on any atom is 0.394 e. The van der Waals surface area contributed by atoms with Crippen LogP contribution in [0.25, 0.3) is 0 Å². The number of halogens is 2. The maximum absolute atomic E-state index is 12.2. The van der Waals surface area contributed by atoms with E-state index in [0.717, 1.165) is 24.8 Å². The predicted octanol–water partition coefficient (Wildman–Crippen LogP) is 5.19. The summed E-state index contributed by atoms with van der Waals surface area (Å²) in [6.07, 6.45) is 4.67. The average molecular weight is 366 g/mol. The molecule has 140 valence electrons. The van der Waals surface area contributed by atoms with Gasteiger partial charge >= 0.3 is 13.8 Å². The largest absolute Gasteiger partial charge is 0.394 e. The van der Waals surface area contributed by atoms with E-state index in [1.54, 1.807) is 6.92 Å². The average Bonchev–Trinajstić information content (AvgIpc) is 2.44. The van der Waals surface area contributed by atoms with Crippen molar-refractivity contribution in [3.8, 4) is 0 Å². The van der Waals surface area contributed by atoms with Gasteiger partial charge in [0, 0.05) is 0 Å². The summed E-state index contributed by atoms with van der Waals surface area (Å²) in [6.45, 7) is 7.39. The Hall–Kier alpha value is -0.810. The van der Waals surface area contributed by atoms with Gasteiger partial charge in [-0.3, -0.25) is 4.57 Å². The normalized spacial score (nSPS) is 16.9. The second-order valence-electron chi connectivity index (χ2n) is 6.13. The molecule has 2 N–H and O–H groups in total. The molecule has 0 spiro atoms. The summed E-state index contributed by atoms with van der Waals surface area (Å²) in [7, 11) is -4.95. The van der Waals surface area contributed by atoms with Gasteiger partial charge in [-0.15, -0.1) is 0 Å². The molecule has 0 rings (SSSR count). The molecule has 2 atom stereocenters. The molecule has 24 heavy (non-hydrogen) atoms. The first-order valence-electron chi connectivity index (χ1n) is 7.94. The molecule has 2 unspecified atom stereocenters. The van der Waals surface area contributed by atoms with Gasteiger partial charge < -0.3 is 14.5 Å². The summed E-state index contributed by atoms with van der Waals surface area (Å²) in [4.78, 5) is 8.82. The lowest BCUT2D eigenvalue weighted by Crippen LogP contribution is -2.13. The third kappa shape index (κ3) is 11.7. The Morgan fingerprint density at radius 1 is 1.08 bits per heavy atom. The van der Waals surface area contributed by atoms with Crippen LogP contribution in [0, 0.1) is 0 Å². The zero-order valence-electron chi connectivity index (χ0n) is 14.8. The molecule has 0 amide bonds. The van der Waals surface area contributed by atoms with Crippen LogP contribution in [0.3, 0.4) is 0 Å². The molecular formula is C17H29F2O4P. The lowest BCUT2D eigenvalue weighted by atomic mass is 10.1. The third-order valence-corrected chi connectivity index (χ3v) is 4.29.